The van der Waals surface area contributed by atoms with Crippen LogP contribution in [0, 0.1) is 6.92 Å². The number of aliphatic hydroxyl groups excluding tert-OH is 1. The molecule has 2 nitrogen and oxygen atoms in total. The minimum atomic E-state index is 0.178. The first kappa shape index (κ1) is 12.3. The van der Waals surface area contributed by atoms with E-state index < -0.39 is 0 Å². The number of hydrogen-bond donors (Lipinski definition) is 1. The van der Waals surface area contributed by atoms with E-state index in [1.165, 1.54) is 5.56 Å². The molecule has 1 atom stereocenters. The smallest absolute Gasteiger partial charge is 0.0986 e. The van der Waals surface area contributed by atoms with Gasteiger partial charge in [-0.3, -0.25) is 0 Å². The Morgan fingerprint density at radius 3 is 2.59 bits per heavy atom. The van der Waals surface area contributed by atoms with Crippen molar-refractivity contribution in [3.63, 3.8) is 0 Å². The minimum Gasteiger partial charge on any atom is -0.396 e. The van der Waals surface area contributed by atoms with Crippen molar-refractivity contribution in [1.82, 2.24) is 4.98 Å². The van der Waals surface area contributed by atoms with Gasteiger partial charge in [0.25, 0.3) is 0 Å². The first-order valence-electron chi connectivity index (χ1n) is 5.88. The van der Waals surface area contributed by atoms with Gasteiger partial charge in [-0.05, 0) is 13.3 Å². The van der Waals surface area contributed by atoms with Gasteiger partial charge in [0.1, 0.15) is 0 Å². The van der Waals surface area contributed by atoms with Gasteiger partial charge in [-0.25, -0.2) is 4.98 Å². The van der Waals surface area contributed by atoms with Gasteiger partial charge < -0.3 is 5.11 Å². The third-order valence-electron chi connectivity index (χ3n) is 2.93. The molecule has 0 spiro atoms. The van der Waals surface area contributed by atoms with Crippen LogP contribution in [-0.2, 0) is 0 Å². The van der Waals surface area contributed by atoms with Gasteiger partial charge >= 0.3 is 0 Å². The number of benzene rings is 1. The maximum atomic E-state index is 9.26. The Hall–Kier alpha value is -1.19. The van der Waals surface area contributed by atoms with E-state index in [-0.39, 0.29) is 12.5 Å². The van der Waals surface area contributed by atoms with E-state index in [2.05, 4.69) is 48.5 Å². The Labute approximate surface area is 106 Å². The molecule has 1 N–H and O–H groups in total. The highest BCUT2D eigenvalue weighted by Gasteiger charge is 2.13. The highest BCUT2D eigenvalue weighted by atomic mass is 32.1. The molecule has 1 aromatic heterocycles. The van der Waals surface area contributed by atoms with Crippen LogP contribution in [0.2, 0.25) is 0 Å². The Bertz CT molecular complexity index is 471. The lowest BCUT2D eigenvalue weighted by molar-refractivity contribution is 0.262. The van der Waals surface area contributed by atoms with E-state index in [0.717, 1.165) is 22.7 Å². The fraction of sp³-hybridized carbons (Fsp3) is 0.357. The first-order valence-corrected chi connectivity index (χ1v) is 6.76. The molecule has 0 fully saturated rings. The van der Waals surface area contributed by atoms with Gasteiger partial charge in [-0.1, -0.05) is 36.8 Å². The third-order valence-corrected chi connectivity index (χ3v) is 3.94. The number of hydrogen-bond acceptors (Lipinski definition) is 3. The van der Waals surface area contributed by atoms with Gasteiger partial charge in [0, 0.05) is 16.9 Å². The number of aliphatic hydroxyl groups is 1. The Morgan fingerprint density at radius 1 is 1.29 bits per heavy atom. The summed E-state index contributed by atoms with van der Waals surface area (Å²) in [6.45, 7) is 4.33. The number of rotatable bonds is 4. The molecule has 90 valence electrons. The van der Waals surface area contributed by atoms with Crippen molar-refractivity contribution in [3.8, 4) is 11.3 Å². The Morgan fingerprint density at radius 2 is 2.00 bits per heavy atom. The van der Waals surface area contributed by atoms with Gasteiger partial charge in [0.2, 0.25) is 0 Å². The average Bonchev–Trinajstić information content (AvgIpc) is 2.81. The summed E-state index contributed by atoms with van der Waals surface area (Å²) in [5, 5.41) is 12.4. The van der Waals surface area contributed by atoms with Crippen LogP contribution >= 0.6 is 11.3 Å². The van der Waals surface area contributed by atoms with Crippen molar-refractivity contribution >= 4 is 11.3 Å². The molecular formula is C14H17NOS. The molecule has 0 amide bonds. The molecule has 0 aliphatic carbocycles. The fourth-order valence-electron chi connectivity index (χ4n) is 1.71. The van der Waals surface area contributed by atoms with Crippen LogP contribution in [0.5, 0.6) is 0 Å². The van der Waals surface area contributed by atoms with Crippen molar-refractivity contribution in [2.75, 3.05) is 6.61 Å². The normalized spacial score (nSPS) is 12.6. The molecule has 1 unspecified atom stereocenters. The van der Waals surface area contributed by atoms with Gasteiger partial charge in [0.05, 0.1) is 17.3 Å². The topological polar surface area (TPSA) is 33.1 Å². The molecule has 0 aliphatic rings. The second kappa shape index (κ2) is 5.43. The first-order chi connectivity index (χ1) is 8.24. The molecular weight excluding hydrogens is 230 g/mol. The SMILES string of the molecule is CCC(CO)c1nc(-c2ccc(C)cc2)cs1. The number of nitrogens with zero attached hydrogens (tertiary/aromatic N) is 1. The van der Waals surface area contributed by atoms with Crippen molar-refractivity contribution in [2.24, 2.45) is 0 Å². The lowest BCUT2D eigenvalue weighted by Crippen LogP contribution is -2.01. The van der Waals surface area contributed by atoms with Crippen LogP contribution in [0.25, 0.3) is 11.3 Å². The van der Waals surface area contributed by atoms with E-state index in [1.54, 1.807) is 11.3 Å². The molecule has 3 heteroatoms. The highest BCUT2D eigenvalue weighted by Crippen LogP contribution is 2.28. The van der Waals surface area contributed by atoms with Crippen molar-refractivity contribution in [1.29, 1.82) is 0 Å². The third kappa shape index (κ3) is 2.73. The number of aryl methyl sites for hydroxylation is 1. The molecule has 2 aromatic rings. The van der Waals surface area contributed by atoms with E-state index in [1.807, 2.05) is 0 Å². The molecule has 2 rings (SSSR count). The highest BCUT2D eigenvalue weighted by molar-refractivity contribution is 7.10. The summed E-state index contributed by atoms with van der Waals surface area (Å²) in [4.78, 5) is 4.61. The largest absolute Gasteiger partial charge is 0.396 e. The zero-order valence-electron chi connectivity index (χ0n) is 10.2. The summed E-state index contributed by atoms with van der Waals surface area (Å²) >= 11 is 1.63. The van der Waals surface area contributed by atoms with Gasteiger partial charge in [-0.15, -0.1) is 11.3 Å². The van der Waals surface area contributed by atoms with Crippen LogP contribution in [0.3, 0.4) is 0 Å². The van der Waals surface area contributed by atoms with Crippen molar-refractivity contribution in [2.45, 2.75) is 26.2 Å². The van der Waals surface area contributed by atoms with Crippen LogP contribution in [0.1, 0.15) is 29.8 Å². The standard InChI is InChI=1S/C14H17NOS/c1-3-11(8-16)14-15-13(9-17-14)12-6-4-10(2)5-7-12/h4-7,9,11,16H,3,8H2,1-2H3. The van der Waals surface area contributed by atoms with E-state index in [4.69, 9.17) is 0 Å². The van der Waals surface area contributed by atoms with Gasteiger partial charge in [-0.2, -0.15) is 0 Å². The molecule has 0 aliphatic heterocycles. The second-order valence-corrected chi connectivity index (χ2v) is 5.11. The summed E-state index contributed by atoms with van der Waals surface area (Å²) in [5.74, 6) is 0.180. The quantitative estimate of drug-likeness (QED) is 0.895. The summed E-state index contributed by atoms with van der Waals surface area (Å²) in [5.41, 5.74) is 3.41. The minimum absolute atomic E-state index is 0.178. The molecule has 1 aromatic carbocycles. The molecule has 0 radical (unpaired) electrons. The zero-order valence-corrected chi connectivity index (χ0v) is 11.0. The van der Waals surface area contributed by atoms with Crippen molar-refractivity contribution in [3.05, 3.63) is 40.2 Å². The lowest BCUT2D eigenvalue weighted by atomic mass is 10.1. The maximum Gasteiger partial charge on any atom is 0.0986 e. The monoisotopic (exact) mass is 247 g/mol. The Kier molecular flexibility index (Phi) is 3.92. The van der Waals surface area contributed by atoms with Crippen LogP contribution in [0.4, 0.5) is 0 Å². The summed E-state index contributed by atoms with van der Waals surface area (Å²) in [6.07, 6.45) is 0.928. The summed E-state index contributed by atoms with van der Waals surface area (Å²) in [6, 6.07) is 8.37. The second-order valence-electron chi connectivity index (χ2n) is 4.22. The zero-order chi connectivity index (χ0) is 12.3. The van der Waals surface area contributed by atoms with E-state index in [9.17, 15) is 5.11 Å². The lowest BCUT2D eigenvalue weighted by Gasteiger charge is -2.06. The predicted octanol–water partition coefficient (Wildman–Crippen LogP) is 3.60. The molecule has 0 saturated carbocycles. The molecule has 1 heterocycles. The van der Waals surface area contributed by atoms with Crippen LogP contribution < -0.4 is 0 Å². The maximum absolute atomic E-state index is 9.26. The number of thiazole rings is 1. The predicted molar refractivity (Wildman–Crippen MR) is 72.4 cm³/mol. The van der Waals surface area contributed by atoms with Gasteiger partial charge in [0.15, 0.2) is 0 Å². The van der Waals surface area contributed by atoms with E-state index >= 15 is 0 Å². The van der Waals surface area contributed by atoms with E-state index in [0.29, 0.717) is 0 Å². The molecule has 0 bridgehead atoms. The summed E-state index contributed by atoms with van der Waals surface area (Å²) < 4.78 is 0. The number of aromatic nitrogens is 1. The molecule has 17 heavy (non-hydrogen) atoms. The average molecular weight is 247 g/mol. The summed E-state index contributed by atoms with van der Waals surface area (Å²) in [7, 11) is 0. The van der Waals surface area contributed by atoms with Crippen LogP contribution in [0.15, 0.2) is 29.6 Å². The fourth-order valence-corrected chi connectivity index (χ4v) is 2.72. The van der Waals surface area contributed by atoms with Crippen LogP contribution in [-0.4, -0.2) is 16.7 Å². The molecule has 0 saturated heterocycles. The Balaban J connectivity index is 2.26. The van der Waals surface area contributed by atoms with Crippen molar-refractivity contribution < 1.29 is 5.11 Å².